The van der Waals surface area contributed by atoms with E-state index in [9.17, 15) is 13.2 Å². The van der Waals surface area contributed by atoms with Crippen LogP contribution >= 0.6 is 22.7 Å². The van der Waals surface area contributed by atoms with Crippen molar-refractivity contribution in [2.24, 2.45) is 5.92 Å². The Morgan fingerprint density at radius 1 is 1.11 bits per heavy atom. The predicted octanol–water partition coefficient (Wildman–Crippen LogP) is 4.77. The van der Waals surface area contributed by atoms with Crippen LogP contribution in [-0.2, 0) is 27.7 Å². The molecule has 6 rings (SSSR count). The van der Waals surface area contributed by atoms with Crippen molar-refractivity contribution in [1.29, 1.82) is 0 Å². The van der Waals surface area contributed by atoms with Crippen LogP contribution in [0, 0.1) is 12.8 Å². The molecule has 1 aliphatic heterocycles. The summed E-state index contributed by atoms with van der Waals surface area (Å²) in [5, 5.41) is 10.1. The van der Waals surface area contributed by atoms with Gasteiger partial charge in [-0.1, -0.05) is 17.4 Å². The number of piperidine rings is 1. The van der Waals surface area contributed by atoms with Crippen molar-refractivity contribution in [2.45, 2.75) is 49.7 Å². The Labute approximate surface area is 218 Å². The summed E-state index contributed by atoms with van der Waals surface area (Å²) in [6, 6.07) is 9.68. The predicted molar refractivity (Wildman–Crippen MR) is 143 cm³/mol. The number of benzene rings is 1. The second-order valence-corrected chi connectivity index (χ2v) is 13.6. The van der Waals surface area contributed by atoms with E-state index in [4.69, 9.17) is 4.98 Å². The van der Waals surface area contributed by atoms with Gasteiger partial charge in [0.1, 0.15) is 10.0 Å². The van der Waals surface area contributed by atoms with E-state index in [1.54, 1.807) is 33.5 Å². The van der Waals surface area contributed by atoms with Gasteiger partial charge in [-0.3, -0.25) is 4.79 Å². The van der Waals surface area contributed by atoms with Gasteiger partial charge in [-0.2, -0.15) is 14.1 Å². The minimum atomic E-state index is -3.49. The summed E-state index contributed by atoms with van der Waals surface area (Å²) < 4.78 is 30.3. The topological polar surface area (TPSA) is 97.2 Å². The molecule has 8 nitrogen and oxygen atoms in total. The summed E-state index contributed by atoms with van der Waals surface area (Å²) in [6.07, 6.45) is 5.65. The van der Waals surface area contributed by atoms with Gasteiger partial charge in [0.15, 0.2) is 0 Å². The molecule has 0 bridgehead atoms. The molecule has 3 aromatic heterocycles. The van der Waals surface area contributed by atoms with E-state index >= 15 is 0 Å². The van der Waals surface area contributed by atoms with Gasteiger partial charge in [0.05, 0.1) is 15.9 Å². The van der Waals surface area contributed by atoms with E-state index in [-0.39, 0.29) is 11.8 Å². The summed E-state index contributed by atoms with van der Waals surface area (Å²) in [6.45, 7) is 2.56. The molecule has 0 saturated carbocycles. The Morgan fingerprint density at radius 3 is 2.58 bits per heavy atom. The van der Waals surface area contributed by atoms with E-state index in [0.29, 0.717) is 36.0 Å². The molecule has 188 valence electrons. The van der Waals surface area contributed by atoms with E-state index < -0.39 is 10.0 Å². The molecule has 4 heterocycles. The van der Waals surface area contributed by atoms with Crippen molar-refractivity contribution in [1.82, 2.24) is 19.1 Å². The number of nitrogens with zero attached hydrogens (tertiary/aromatic N) is 4. The minimum absolute atomic E-state index is 0.110. The Morgan fingerprint density at radius 2 is 1.86 bits per heavy atom. The second kappa shape index (κ2) is 9.37. The Balaban J connectivity index is 1.18. The van der Waals surface area contributed by atoms with E-state index in [1.165, 1.54) is 39.6 Å². The van der Waals surface area contributed by atoms with Crippen molar-refractivity contribution in [3.63, 3.8) is 0 Å². The van der Waals surface area contributed by atoms with Crippen LogP contribution in [0.3, 0.4) is 0 Å². The standard InChI is InChI=1S/C25H27N5O3S3/c1-16-13-22(27-24(31)17-8-10-29(11-9-17)36(32,33)23-7-4-12-34-23)30(28-16)25-26-20-14-18-5-2-3-6-19(18)15-21(20)35-25/h4,7,12-15,17H,2-3,5-6,8-11H2,1H3,(H,27,31). The molecule has 1 aromatic carbocycles. The summed E-state index contributed by atoms with van der Waals surface area (Å²) >= 11 is 2.80. The van der Waals surface area contributed by atoms with Gasteiger partial charge in [0.2, 0.25) is 11.0 Å². The fourth-order valence-corrected chi connectivity index (χ4v) is 8.68. The number of amides is 1. The minimum Gasteiger partial charge on any atom is -0.310 e. The average molecular weight is 542 g/mol. The zero-order valence-electron chi connectivity index (χ0n) is 19.9. The van der Waals surface area contributed by atoms with Crippen molar-refractivity contribution in [2.75, 3.05) is 18.4 Å². The number of carbonyl (C=O) groups is 1. The molecule has 0 unspecified atom stereocenters. The Bertz CT molecular complexity index is 1490. The highest BCUT2D eigenvalue weighted by Gasteiger charge is 2.33. The lowest BCUT2D eigenvalue weighted by molar-refractivity contribution is -0.120. The summed E-state index contributed by atoms with van der Waals surface area (Å²) in [5.41, 5.74) is 4.57. The van der Waals surface area contributed by atoms with Crippen LogP contribution in [0.25, 0.3) is 15.3 Å². The van der Waals surface area contributed by atoms with Gasteiger partial charge in [-0.15, -0.1) is 11.3 Å². The fourth-order valence-electron chi connectivity index (χ4n) is 5.09. The summed E-state index contributed by atoms with van der Waals surface area (Å²) in [4.78, 5) is 18.0. The summed E-state index contributed by atoms with van der Waals surface area (Å²) in [7, 11) is -3.49. The van der Waals surface area contributed by atoms with Crippen molar-refractivity contribution in [3.8, 4) is 5.13 Å². The molecule has 1 N–H and O–H groups in total. The second-order valence-electron chi connectivity index (χ2n) is 9.47. The lowest BCUT2D eigenvalue weighted by atomic mass is 9.92. The number of thiazole rings is 1. The largest absolute Gasteiger partial charge is 0.310 e. The number of aromatic nitrogens is 3. The molecule has 0 atom stereocenters. The molecule has 2 aliphatic rings. The van der Waals surface area contributed by atoms with Crippen molar-refractivity contribution < 1.29 is 13.2 Å². The monoisotopic (exact) mass is 541 g/mol. The highest BCUT2D eigenvalue weighted by Crippen LogP contribution is 2.33. The SMILES string of the molecule is Cc1cc(NC(=O)C2CCN(S(=O)(=O)c3cccs3)CC2)n(-c2nc3cc4c(cc3s2)CCCC4)n1. The number of hydrogen-bond acceptors (Lipinski definition) is 7. The van der Waals surface area contributed by atoms with Gasteiger partial charge < -0.3 is 5.32 Å². The lowest BCUT2D eigenvalue weighted by Gasteiger charge is -2.30. The van der Waals surface area contributed by atoms with Crippen LogP contribution < -0.4 is 5.32 Å². The number of carbonyl (C=O) groups excluding carboxylic acids is 1. The number of anilines is 1. The highest BCUT2D eigenvalue weighted by molar-refractivity contribution is 7.91. The van der Waals surface area contributed by atoms with Crippen LogP contribution in [0.15, 0.2) is 39.9 Å². The van der Waals surface area contributed by atoms with Crippen LogP contribution in [0.5, 0.6) is 0 Å². The third kappa shape index (κ3) is 4.38. The molecular weight excluding hydrogens is 515 g/mol. The molecule has 0 radical (unpaired) electrons. The number of rotatable bonds is 5. The number of aryl methyl sites for hydroxylation is 3. The van der Waals surface area contributed by atoms with Crippen LogP contribution in [0.2, 0.25) is 0 Å². The van der Waals surface area contributed by atoms with E-state index in [0.717, 1.165) is 33.9 Å². The number of sulfonamides is 1. The normalized spacial score (nSPS) is 17.4. The zero-order valence-corrected chi connectivity index (χ0v) is 22.4. The molecule has 1 amide bonds. The molecule has 0 spiro atoms. The molecule has 4 aromatic rings. The van der Waals surface area contributed by atoms with Gasteiger partial charge in [0.25, 0.3) is 10.0 Å². The average Bonchev–Trinajstić information content (AvgIpc) is 3.62. The molecular formula is C25H27N5O3S3. The van der Waals surface area contributed by atoms with Gasteiger partial charge in [-0.25, -0.2) is 13.4 Å². The maximum atomic E-state index is 13.2. The summed E-state index contributed by atoms with van der Waals surface area (Å²) in [5.74, 6) is 0.224. The van der Waals surface area contributed by atoms with Gasteiger partial charge >= 0.3 is 0 Å². The molecule has 1 saturated heterocycles. The van der Waals surface area contributed by atoms with Gasteiger partial charge in [-0.05, 0) is 80.2 Å². The number of thiophene rings is 1. The van der Waals surface area contributed by atoms with E-state index in [2.05, 4.69) is 22.5 Å². The van der Waals surface area contributed by atoms with Gasteiger partial charge in [0, 0.05) is 25.1 Å². The zero-order chi connectivity index (χ0) is 24.9. The first kappa shape index (κ1) is 23.8. The van der Waals surface area contributed by atoms with Crippen molar-refractivity contribution >= 4 is 54.6 Å². The smallest absolute Gasteiger partial charge is 0.252 e. The Kier molecular flexibility index (Phi) is 6.19. The maximum absolute atomic E-state index is 13.2. The van der Waals surface area contributed by atoms with Crippen LogP contribution in [0.1, 0.15) is 42.5 Å². The van der Waals surface area contributed by atoms with Crippen LogP contribution in [0.4, 0.5) is 5.82 Å². The Hall–Kier alpha value is -2.60. The first-order chi connectivity index (χ1) is 17.4. The fraction of sp³-hybridized carbons (Fsp3) is 0.400. The number of nitrogens with one attached hydrogen (secondary N) is 1. The maximum Gasteiger partial charge on any atom is 0.252 e. The third-order valence-corrected chi connectivity index (χ3v) is 11.3. The highest BCUT2D eigenvalue weighted by atomic mass is 32.2. The first-order valence-corrected chi connectivity index (χ1v) is 15.4. The van der Waals surface area contributed by atoms with Crippen molar-refractivity contribution in [3.05, 3.63) is 52.5 Å². The first-order valence-electron chi connectivity index (χ1n) is 12.2. The third-order valence-electron chi connectivity index (χ3n) is 7.02. The molecule has 1 aliphatic carbocycles. The molecule has 36 heavy (non-hydrogen) atoms. The van der Waals surface area contributed by atoms with E-state index in [1.807, 2.05) is 13.0 Å². The molecule has 1 fully saturated rings. The number of hydrogen-bond donors (Lipinski definition) is 1. The molecule has 11 heteroatoms. The number of fused-ring (bicyclic) bond motifs is 2. The quantitative estimate of drug-likeness (QED) is 0.393. The lowest BCUT2D eigenvalue weighted by Crippen LogP contribution is -2.41. The van der Waals surface area contributed by atoms with Crippen LogP contribution in [-0.4, -0.2) is 46.5 Å².